The number of hydrogen-bond acceptors (Lipinski definition) is 8. The summed E-state index contributed by atoms with van der Waals surface area (Å²) in [6.45, 7) is 0. The van der Waals surface area contributed by atoms with Gasteiger partial charge in [-0.15, -0.1) is 18.3 Å². The van der Waals surface area contributed by atoms with Crippen molar-refractivity contribution in [2.45, 2.75) is 16.4 Å². The first-order valence-electron chi connectivity index (χ1n) is 7.98. The van der Waals surface area contributed by atoms with Crippen LogP contribution in [-0.2, 0) is 7.05 Å². The number of carbonyl (C=O) groups is 1. The summed E-state index contributed by atoms with van der Waals surface area (Å²) in [5.41, 5.74) is -0.181. The lowest BCUT2D eigenvalue weighted by Gasteiger charge is -2.11. The van der Waals surface area contributed by atoms with Crippen molar-refractivity contribution in [3.05, 3.63) is 58.1 Å². The van der Waals surface area contributed by atoms with E-state index in [1.54, 1.807) is 7.05 Å². The van der Waals surface area contributed by atoms with Crippen molar-refractivity contribution >= 4 is 29.0 Å². The molecule has 0 spiro atoms. The second kappa shape index (κ2) is 8.36. The van der Waals surface area contributed by atoms with Crippen LogP contribution in [0.2, 0.25) is 0 Å². The molecular formula is C16H11F3N6O4S. The first-order valence-corrected chi connectivity index (χ1v) is 8.80. The molecule has 0 saturated carbocycles. The Kier molecular flexibility index (Phi) is 5.86. The zero-order chi connectivity index (χ0) is 21.9. The lowest BCUT2D eigenvalue weighted by Crippen LogP contribution is -2.17. The monoisotopic (exact) mass is 440 g/mol. The minimum Gasteiger partial charge on any atom is -0.406 e. The molecule has 14 heteroatoms. The third-order valence-electron chi connectivity index (χ3n) is 3.55. The number of nitrogens with zero attached hydrogens (tertiary/aromatic N) is 5. The summed E-state index contributed by atoms with van der Waals surface area (Å²) >= 11 is 1.01. The van der Waals surface area contributed by atoms with Crippen LogP contribution >= 0.6 is 11.8 Å². The van der Waals surface area contributed by atoms with Gasteiger partial charge >= 0.3 is 6.36 Å². The maximum absolute atomic E-state index is 12.7. The molecule has 2 aromatic carbocycles. The number of amides is 1. The molecule has 0 bridgehead atoms. The lowest BCUT2D eigenvalue weighted by atomic mass is 10.2. The third kappa shape index (κ3) is 5.22. The molecule has 0 aliphatic carbocycles. The summed E-state index contributed by atoms with van der Waals surface area (Å²) in [4.78, 5) is 23.5. The Balaban J connectivity index is 1.85. The van der Waals surface area contributed by atoms with E-state index in [1.807, 2.05) is 0 Å². The number of aryl methyl sites for hydroxylation is 1. The summed E-state index contributed by atoms with van der Waals surface area (Å²) in [7, 11) is 1.58. The Hall–Kier alpha value is -3.68. The number of nitrogens with one attached hydrogen (secondary N) is 1. The van der Waals surface area contributed by atoms with Gasteiger partial charge in [0.05, 0.1) is 10.5 Å². The van der Waals surface area contributed by atoms with E-state index in [4.69, 9.17) is 0 Å². The molecule has 0 atom stereocenters. The number of aromatic nitrogens is 4. The zero-order valence-corrected chi connectivity index (χ0v) is 15.8. The van der Waals surface area contributed by atoms with Crippen molar-refractivity contribution < 1.29 is 27.6 Å². The second-order valence-corrected chi connectivity index (χ2v) is 6.66. The maximum atomic E-state index is 12.7. The molecule has 1 aromatic heterocycles. The van der Waals surface area contributed by atoms with Gasteiger partial charge in [-0.05, 0) is 52.5 Å². The number of nitro groups is 1. The number of rotatable bonds is 6. The smallest absolute Gasteiger partial charge is 0.406 e. The highest BCUT2D eigenvalue weighted by molar-refractivity contribution is 7.99. The Labute approximate surface area is 170 Å². The minimum absolute atomic E-state index is 0.0344. The number of halogens is 3. The fraction of sp³-hybridized carbons (Fsp3) is 0.125. The Morgan fingerprint density at radius 1 is 1.23 bits per heavy atom. The van der Waals surface area contributed by atoms with Crippen LogP contribution in [0.15, 0.2) is 52.5 Å². The first-order chi connectivity index (χ1) is 14.1. The van der Waals surface area contributed by atoms with Gasteiger partial charge in [0.15, 0.2) is 0 Å². The molecule has 0 aliphatic rings. The van der Waals surface area contributed by atoms with Crippen molar-refractivity contribution in [2.24, 2.45) is 7.05 Å². The predicted octanol–water partition coefficient (Wildman–Crippen LogP) is 3.42. The number of benzene rings is 2. The number of nitro benzene ring substituents is 1. The quantitative estimate of drug-likeness (QED) is 0.457. The lowest BCUT2D eigenvalue weighted by molar-refractivity contribution is -0.384. The molecule has 0 fully saturated rings. The Bertz CT molecular complexity index is 1090. The van der Waals surface area contributed by atoms with E-state index in [0.29, 0.717) is 10.1 Å². The standard InChI is InChI=1S/C16H11F3N6O4S/c1-24-15(21-22-23-24)30-13-7-4-10(25(27)28)8-12(13)14(26)20-9-2-5-11(6-3-9)29-16(17,18)19/h2-8H,1H3,(H,20,26). The van der Waals surface area contributed by atoms with Crippen molar-refractivity contribution in [3.8, 4) is 5.75 Å². The highest BCUT2D eigenvalue weighted by Gasteiger charge is 2.31. The van der Waals surface area contributed by atoms with E-state index in [0.717, 1.165) is 30.0 Å². The molecule has 0 aliphatic heterocycles. The van der Waals surface area contributed by atoms with Crippen molar-refractivity contribution in [1.82, 2.24) is 20.2 Å². The van der Waals surface area contributed by atoms with Gasteiger partial charge in [0.25, 0.3) is 11.6 Å². The average Bonchev–Trinajstić information content (AvgIpc) is 3.07. The molecule has 3 aromatic rings. The summed E-state index contributed by atoms with van der Waals surface area (Å²) in [5, 5.41) is 24.8. The van der Waals surface area contributed by atoms with Crippen molar-refractivity contribution in [1.29, 1.82) is 0 Å². The molecule has 3 rings (SSSR count). The third-order valence-corrected chi connectivity index (χ3v) is 4.65. The van der Waals surface area contributed by atoms with Crippen LogP contribution in [0, 0.1) is 10.1 Å². The van der Waals surface area contributed by atoms with Crippen molar-refractivity contribution in [3.63, 3.8) is 0 Å². The minimum atomic E-state index is -4.84. The predicted molar refractivity (Wildman–Crippen MR) is 97.1 cm³/mol. The van der Waals surface area contributed by atoms with E-state index < -0.39 is 22.9 Å². The van der Waals surface area contributed by atoms with E-state index in [9.17, 15) is 28.1 Å². The number of hydrogen-bond donors (Lipinski definition) is 1. The highest BCUT2D eigenvalue weighted by Crippen LogP contribution is 2.32. The van der Waals surface area contributed by atoms with Crippen LogP contribution in [0.3, 0.4) is 0 Å². The van der Waals surface area contributed by atoms with Gasteiger partial charge in [0, 0.05) is 29.8 Å². The number of alkyl halides is 3. The van der Waals surface area contributed by atoms with Gasteiger partial charge < -0.3 is 10.1 Å². The fourth-order valence-electron chi connectivity index (χ4n) is 2.24. The van der Waals surface area contributed by atoms with Crippen molar-refractivity contribution in [2.75, 3.05) is 5.32 Å². The van der Waals surface area contributed by atoms with Crippen LogP contribution in [-0.4, -0.2) is 37.4 Å². The maximum Gasteiger partial charge on any atom is 0.573 e. The fourth-order valence-corrected chi connectivity index (χ4v) is 3.08. The second-order valence-electron chi connectivity index (χ2n) is 5.65. The van der Waals surface area contributed by atoms with Gasteiger partial charge in [-0.1, -0.05) is 0 Å². The number of ether oxygens (including phenoxy) is 1. The van der Waals surface area contributed by atoms with Crippen LogP contribution < -0.4 is 10.1 Å². The molecule has 30 heavy (non-hydrogen) atoms. The molecule has 1 amide bonds. The van der Waals surface area contributed by atoms with Crippen LogP contribution in [0.5, 0.6) is 5.75 Å². The Morgan fingerprint density at radius 3 is 2.50 bits per heavy atom. The largest absolute Gasteiger partial charge is 0.573 e. The van der Waals surface area contributed by atoms with Crippen LogP contribution in [0.25, 0.3) is 0 Å². The molecule has 10 nitrogen and oxygen atoms in total. The molecule has 1 N–H and O–H groups in total. The van der Waals surface area contributed by atoms with Gasteiger partial charge in [-0.2, -0.15) is 0 Å². The molecular weight excluding hydrogens is 429 g/mol. The number of carbonyl (C=O) groups excluding carboxylic acids is 1. The Morgan fingerprint density at radius 2 is 1.93 bits per heavy atom. The van der Waals surface area contributed by atoms with Gasteiger partial charge in [0.1, 0.15) is 5.75 Å². The summed E-state index contributed by atoms with van der Waals surface area (Å²) in [5.74, 6) is -1.16. The topological polar surface area (TPSA) is 125 Å². The van der Waals surface area contributed by atoms with Gasteiger partial charge in [0.2, 0.25) is 5.16 Å². The van der Waals surface area contributed by atoms with E-state index in [1.165, 1.54) is 28.9 Å². The number of non-ortho nitro benzene ring substituents is 1. The molecule has 0 unspecified atom stereocenters. The van der Waals surface area contributed by atoms with Gasteiger partial charge in [-0.3, -0.25) is 14.9 Å². The highest BCUT2D eigenvalue weighted by atomic mass is 32.2. The normalized spacial score (nSPS) is 11.2. The van der Waals surface area contributed by atoms with E-state index in [-0.39, 0.29) is 16.9 Å². The first kappa shape index (κ1) is 21.0. The molecule has 156 valence electrons. The molecule has 0 radical (unpaired) electrons. The summed E-state index contributed by atoms with van der Waals surface area (Å²) in [6.07, 6.45) is -4.84. The van der Waals surface area contributed by atoms with Crippen LogP contribution in [0.4, 0.5) is 24.5 Å². The van der Waals surface area contributed by atoms with E-state index in [2.05, 4.69) is 25.6 Å². The van der Waals surface area contributed by atoms with Gasteiger partial charge in [-0.25, -0.2) is 4.68 Å². The summed E-state index contributed by atoms with van der Waals surface area (Å²) in [6, 6.07) is 8.15. The van der Waals surface area contributed by atoms with Crippen LogP contribution in [0.1, 0.15) is 10.4 Å². The molecule has 1 heterocycles. The number of anilines is 1. The van der Waals surface area contributed by atoms with E-state index >= 15 is 0 Å². The number of tetrazole rings is 1. The zero-order valence-electron chi connectivity index (χ0n) is 15.0. The average molecular weight is 440 g/mol. The summed E-state index contributed by atoms with van der Waals surface area (Å²) < 4.78 is 41.8. The molecule has 0 saturated heterocycles. The SMILES string of the molecule is Cn1nnnc1Sc1ccc([N+](=O)[O-])cc1C(=O)Nc1ccc(OC(F)(F)F)cc1.